The van der Waals surface area contributed by atoms with Crippen LogP contribution in [0.2, 0.25) is 0 Å². The quantitative estimate of drug-likeness (QED) is 0.870. The second-order valence-electron chi connectivity index (χ2n) is 5.35. The molecular formula is C15H20FNO. The molecule has 0 atom stereocenters. The van der Waals surface area contributed by atoms with Crippen LogP contribution < -0.4 is 5.32 Å². The molecule has 18 heavy (non-hydrogen) atoms. The monoisotopic (exact) mass is 249 g/mol. The van der Waals surface area contributed by atoms with E-state index < -0.39 is 0 Å². The van der Waals surface area contributed by atoms with Gasteiger partial charge in [-0.05, 0) is 55.4 Å². The Kier molecular flexibility index (Phi) is 3.69. The fraction of sp³-hybridized carbons (Fsp3) is 0.533. The number of rotatable bonds is 4. The van der Waals surface area contributed by atoms with Gasteiger partial charge in [-0.3, -0.25) is 4.79 Å². The summed E-state index contributed by atoms with van der Waals surface area (Å²) in [4.78, 5) is 12.0. The highest BCUT2D eigenvalue weighted by atomic mass is 19.1. The highest BCUT2D eigenvalue weighted by Gasteiger charge is 2.35. The summed E-state index contributed by atoms with van der Waals surface area (Å²) in [6.07, 6.45) is 4.77. The Bertz CT molecular complexity index is 446. The smallest absolute Gasteiger partial charge is 0.251 e. The molecule has 0 bridgehead atoms. The topological polar surface area (TPSA) is 29.1 Å². The van der Waals surface area contributed by atoms with Gasteiger partial charge in [-0.2, -0.15) is 0 Å². The highest BCUT2D eigenvalue weighted by molar-refractivity contribution is 5.95. The van der Waals surface area contributed by atoms with E-state index in [0.29, 0.717) is 16.5 Å². The van der Waals surface area contributed by atoms with E-state index in [0.717, 1.165) is 13.0 Å². The van der Waals surface area contributed by atoms with Crippen molar-refractivity contribution >= 4 is 5.91 Å². The number of aryl methyl sites for hydroxylation is 1. The molecule has 1 aliphatic carbocycles. The first-order valence-corrected chi connectivity index (χ1v) is 6.61. The molecular weight excluding hydrogens is 229 g/mol. The molecule has 1 amide bonds. The van der Waals surface area contributed by atoms with Crippen LogP contribution in [0.4, 0.5) is 4.39 Å². The Morgan fingerprint density at radius 2 is 2.17 bits per heavy atom. The fourth-order valence-corrected chi connectivity index (χ4v) is 2.58. The summed E-state index contributed by atoms with van der Waals surface area (Å²) in [5.41, 5.74) is 1.57. The third-order valence-corrected chi connectivity index (χ3v) is 4.22. The molecule has 0 heterocycles. The summed E-state index contributed by atoms with van der Waals surface area (Å²) >= 11 is 0. The van der Waals surface area contributed by atoms with Crippen LogP contribution in [0.25, 0.3) is 0 Å². The maximum absolute atomic E-state index is 13.0. The van der Waals surface area contributed by atoms with E-state index in [1.165, 1.54) is 31.4 Å². The zero-order valence-electron chi connectivity index (χ0n) is 11.1. The number of halogens is 1. The lowest BCUT2D eigenvalue weighted by atomic mass is 9.67. The maximum Gasteiger partial charge on any atom is 0.251 e. The van der Waals surface area contributed by atoms with E-state index in [9.17, 15) is 9.18 Å². The number of nitrogens with one attached hydrogen (secondary N) is 1. The average Bonchev–Trinajstić information content (AvgIpc) is 2.27. The summed E-state index contributed by atoms with van der Waals surface area (Å²) < 4.78 is 13.0. The largest absolute Gasteiger partial charge is 0.351 e. The van der Waals surface area contributed by atoms with Gasteiger partial charge < -0.3 is 5.32 Å². The third-order valence-electron chi connectivity index (χ3n) is 4.22. The van der Waals surface area contributed by atoms with Crippen molar-refractivity contribution in [1.82, 2.24) is 5.32 Å². The van der Waals surface area contributed by atoms with Gasteiger partial charge in [-0.25, -0.2) is 4.39 Å². The molecule has 1 saturated carbocycles. The van der Waals surface area contributed by atoms with Gasteiger partial charge in [-0.15, -0.1) is 0 Å². The molecule has 0 spiro atoms. The lowest BCUT2D eigenvalue weighted by Gasteiger charge is -2.41. The first-order chi connectivity index (χ1) is 8.56. The third kappa shape index (κ3) is 2.55. The van der Waals surface area contributed by atoms with Crippen molar-refractivity contribution in [3.63, 3.8) is 0 Å². The van der Waals surface area contributed by atoms with E-state index in [4.69, 9.17) is 0 Å². The Morgan fingerprint density at radius 1 is 1.44 bits per heavy atom. The van der Waals surface area contributed by atoms with Crippen molar-refractivity contribution in [2.45, 2.75) is 39.5 Å². The molecule has 3 heteroatoms. The molecule has 1 aromatic carbocycles. The van der Waals surface area contributed by atoms with Gasteiger partial charge in [0, 0.05) is 12.1 Å². The standard InChI is InChI=1S/C15H20FNO/c1-3-15(7-4-8-15)10-17-14(18)13-6-5-12(16)9-11(13)2/h5-6,9H,3-4,7-8,10H2,1-2H3,(H,17,18). The normalized spacial score (nSPS) is 17.1. The van der Waals surface area contributed by atoms with Gasteiger partial charge in [0.15, 0.2) is 0 Å². The van der Waals surface area contributed by atoms with E-state index in [1.54, 1.807) is 13.0 Å². The van der Waals surface area contributed by atoms with Crippen LogP contribution in [-0.4, -0.2) is 12.5 Å². The van der Waals surface area contributed by atoms with E-state index >= 15 is 0 Å². The molecule has 0 saturated heterocycles. The van der Waals surface area contributed by atoms with Crippen LogP contribution in [0.5, 0.6) is 0 Å². The fourth-order valence-electron chi connectivity index (χ4n) is 2.58. The molecule has 1 fully saturated rings. The summed E-state index contributed by atoms with van der Waals surface area (Å²) in [5.74, 6) is -0.389. The lowest BCUT2D eigenvalue weighted by molar-refractivity contribution is 0.0849. The molecule has 0 aromatic heterocycles. The Hall–Kier alpha value is -1.38. The van der Waals surface area contributed by atoms with Crippen LogP contribution in [0.1, 0.15) is 48.5 Å². The first kappa shape index (κ1) is 13.1. The summed E-state index contributed by atoms with van der Waals surface area (Å²) in [6, 6.07) is 4.29. The molecule has 2 nitrogen and oxygen atoms in total. The Morgan fingerprint density at radius 3 is 2.67 bits per heavy atom. The van der Waals surface area contributed by atoms with Gasteiger partial charge in [-0.1, -0.05) is 13.3 Å². The van der Waals surface area contributed by atoms with Gasteiger partial charge in [0.2, 0.25) is 0 Å². The first-order valence-electron chi connectivity index (χ1n) is 6.61. The molecule has 2 rings (SSSR count). The summed E-state index contributed by atoms with van der Waals surface area (Å²) in [7, 11) is 0. The number of hydrogen-bond donors (Lipinski definition) is 1. The zero-order valence-corrected chi connectivity index (χ0v) is 11.1. The van der Waals surface area contributed by atoms with E-state index in [-0.39, 0.29) is 11.7 Å². The molecule has 98 valence electrons. The van der Waals surface area contributed by atoms with Crippen molar-refractivity contribution in [2.24, 2.45) is 5.41 Å². The van der Waals surface area contributed by atoms with E-state index in [2.05, 4.69) is 12.2 Å². The summed E-state index contributed by atoms with van der Waals surface area (Å²) in [5, 5.41) is 2.99. The minimum atomic E-state index is -0.298. The van der Waals surface area contributed by atoms with Crippen molar-refractivity contribution in [1.29, 1.82) is 0 Å². The lowest BCUT2D eigenvalue weighted by Crippen LogP contribution is -2.41. The predicted molar refractivity (Wildman–Crippen MR) is 70.0 cm³/mol. The van der Waals surface area contributed by atoms with Crippen LogP contribution in [0, 0.1) is 18.2 Å². The number of amides is 1. The SMILES string of the molecule is CCC1(CNC(=O)c2ccc(F)cc2C)CCC1. The van der Waals surface area contributed by atoms with Crippen LogP contribution in [-0.2, 0) is 0 Å². The van der Waals surface area contributed by atoms with Gasteiger partial charge in [0.25, 0.3) is 5.91 Å². The van der Waals surface area contributed by atoms with Gasteiger partial charge in [0.1, 0.15) is 5.82 Å². The molecule has 0 radical (unpaired) electrons. The second-order valence-corrected chi connectivity index (χ2v) is 5.35. The second kappa shape index (κ2) is 5.09. The van der Waals surface area contributed by atoms with Crippen molar-refractivity contribution in [3.05, 3.63) is 35.1 Å². The highest BCUT2D eigenvalue weighted by Crippen LogP contribution is 2.43. The molecule has 1 aliphatic rings. The summed E-state index contributed by atoms with van der Waals surface area (Å²) in [6.45, 7) is 4.67. The van der Waals surface area contributed by atoms with E-state index in [1.807, 2.05) is 0 Å². The van der Waals surface area contributed by atoms with Gasteiger partial charge in [0.05, 0.1) is 0 Å². The van der Waals surface area contributed by atoms with Crippen LogP contribution in [0.3, 0.4) is 0 Å². The molecule has 1 N–H and O–H groups in total. The molecule has 1 aromatic rings. The van der Waals surface area contributed by atoms with Crippen molar-refractivity contribution < 1.29 is 9.18 Å². The minimum Gasteiger partial charge on any atom is -0.351 e. The molecule has 0 aliphatic heterocycles. The maximum atomic E-state index is 13.0. The number of benzene rings is 1. The Labute approximate surface area is 108 Å². The average molecular weight is 249 g/mol. The van der Waals surface area contributed by atoms with Gasteiger partial charge >= 0.3 is 0 Å². The van der Waals surface area contributed by atoms with Crippen molar-refractivity contribution in [3.8, 4) is 0 Å². The number of hydrogen-bond acceptors (Lipinski definition) is 1. The minimum absolute atomic E-state index is 0.0905. The van der Waals surface area contributed by atoms with Crippen molar-refractivity contribution in [2.75, 3.05) is 6.54 Å². The number of carbonyl (C=O) groups is 1. The predicted octanol–water partition coefficient (Wildman–Crippen LogP) is 3.44. The number of carbonyl (C=O) groups excluding carboxylic acids is 1. The zero-order chi connectivity index (χ0) is 13.2. The Balaban J connectivity index is 1.99. The van der Waals surface area contributed by atoms with Crippen LogP contribution in [0.15, 0.2) is 18.2 Å². The molecule has 0 unspecified atom stereocenters. The van der Waals surface area contributed by atoms with Crippen LogP contribution >= 0.6 is 0 Å².